The first-order valence-electron chi connectivity index (χ1n) is 9.40. The molecule has 4 rings (SSSR count). The fraction of sp³-hybridized carbons (Fsp3) is 0.190. The van der Waals surface area contributed by atoms with Crippen molar-refractivity contribution >= 4 is 28.6 Å². The van der Waals surface area contributed by atoms with Gasteiger partial charge in [0.05, 0.1) is 0 Å². The molecule has 1 aliphatic heterocycles. The molecular formula is C21H20N4O5. The van der Waals surface area contributed by atoms with Crippen LogP contribution in [0.1, 0.15) is 16.1 Å². The summed E-state index contributed by atoms with van der Waals surface area (Å²) in [7, 11) is 0. The Hall–Kier alpha value is -4.01. The van der Waals surface area contributed by atoms with E-state index in [2.05, 4.69) is 20.9 Å². The van der Waals surface area contributed by atoms with Crippen molar-refractivity contribution in [2.75, 3.05) is 19.9 Å². The zero-order valence-electron chi connectivity index (χ0n) is 16.0. The van der Waals surface area contributed by atoms with E-state index >= 15 is 0 Å². The number of benzene rings is 2. The summed E-state index contributed by atoms with van der Waals surface area (Å²) in [5.74, 6) is -0.549. The molecule has 0 spiro atoms. The maximum absolute atomic E-state index is 12.2. The van der Waals surface area contributed by atoms with Crippen LogP contribution in [0.5, 0.6) is 11.5 Å². The van der Waals surface area contributed by atoms with Gasteiger partial charge in [0.1, 0.15) is 5.69 Å². The number of ether oxygens (including phenoxy) is 2. The molecule has 9 heteroatoms. The number of fused-ring (bicyclic) bond motifs is 2. The second-order valence-electron chi connectivity index (χ2n) is 6.65. The monoisotopic (exact) mass is 408 g/mol. The highest BCUT2D eigenvalue weighted by Gasteiger charge is 2.16. The molecule has 0 radical (unpaired) electrons. The largest absolute Gasteiger partial charge is 0.454 e. The van der Waals surface area contributed by atoms with Gasteiger partial charge in [-0.3, -0.25) is 14.4 Å². The number of aromatic nitrogens is 1. The lowest BCUT2D eigenvalue weighted by molar-refractivity contribution is -0.139. The molecular weight excluding hydrogens is 388 g/mol. The third-order valence-electron chi connectivity index (χ3n) is 4.57. The van der Waals surface area contributed by atoms with E-state index in [0.29, 0.717) is 17.2 Å². The van der Waals surface area contributed by atoms with E-state index in [4.69, 9.17) is 9.47 Å². The van der Waals surface area contributed by atoms with Crippen molar-refractivity contribution in [2.24, 2.45) is 0 Å². The minimum absolute atomic E-state index is 0.127. The Morgan fingerprint density at radius 1 is 0.867 bits per heavy atom. The second kappa shape index (κ2) is 8.56. The van der Waals surface area contributed by atoms with E-state index in [1.807, 2.05) is 24.3 Å². The predicted octanol–water partition coefficient (Wildman–Crippen LogP) is 1.06. The second-order valence-corrected chi connectivity index (χ2v) is 6.65. The van der Waals surface area contributed by atoms with Gasteiger partial charge in [-0.05, 0) is 29.8 Å². The van der Waals surface area contributed by atoms with Crippen LogP contribution in [-0.4, -0.2) is 42.6 Å². The van der Waals surface area contributed by atoms with Crippen LogP contribution in [0.3, 0.4) is 0 Å². The number of amides is 3. The number of para-hydroxylation sites is 1. The molecule has 154 valence electrons. The number of aromatic amines is 1. The number of nitrogens with one attached hydrogen (secondary N) is 4. The smallest absolute Gasteiger partial charge is 0.309 e. The summed E-state index contributed by atoms with van der Waals surface area (Å²) < 4.78 is 10.5. The zero-order valence-corrected chi connectivity index (χ0v) is 16.0. The first-order chi connectivity index (χ1) is 14.6. The standard InChI is InChI=1S/C21H20N4O5/c26-19(16-10-14-3-1-2-4-15(14)25-16)22-7-8-23-20(27)21(28)24-11-13-5-6-17-18(9-13)30-12-29-17/h1-6,9-10,25H,7-8,11-12H2,(H,22,26)(H,23,27)(H,24,28). The number of H-pyrrole nitrogens is 1. The van der Waals surface area contributed by atoms with Gasteiger partial charge in [-0.1, -0.05) is 24.3 Å². The zero-order chi connectivity index (χ0) is 20.9. The summed E-state index contributed by atoms with van der Waals surface area (Å²) in [5, 5.41) is 8.65. The summed E-state index contributed by atoms with van der Waals surface area (Å²) in [6.07, 6.45) is 0. The fourth-order valence-electron chi connectivity index (χ4n) is 3.04. The average Bonchev–Trinajstić information content (AvgIpc) is 3.41. The third kappa shape index (κ3) is 4.35. The predicted molar refractivity (Wildman–Crippen MR) is 108 cm³/mol. The van der Waals surface area contributed by atoms with Gasteiger partial charge in [-0.2, -0.15) is 0 Å². The van der Waals surface area contributed by atoms with Crippen molar-refractivity contribution < 1.29 is 23.9 Å². The SMILES string of the molecule is O=C(NCCNC(=O)c1cc2ccccc2[nH]1)C(=O)NCc1ccc2c(c1)OCO2. The van der Waals surface area contributed by atoms with E-state index in [-0.39, 0.29) is 32.3 Å². The Kier molecular flexibility index (Phi) is 5.51. The van der Waals surface area contributed by atoms with E-state index in [1.54, 1.807) is 24.3 Å². The molecule has 2 aromatic carbocycles. The summed E-state index contributed by atoms with van der Waals surface area (Å²) in [4.78, 5) is 39.0. The Morgan fingerprint density at radius 2 is 1.63 bits per heavy atom. The molecule has 4 N–H and O–H groups in total. The van der Waals surface area contributed by atoms with Crippen molar-refractivity contribution in [3.63, 3.8) is 0 Å². The quantitative estimate of drug-likeness (QED) is 0.359. The molecule has 3 aromatic rings. The number of rotatable bonds is 6. The van der Waals surface area contributed by atoms with Crippen LogP contribution < -0.4 is 25.4 Å². The van der Waals surface area contributed by atoms with Crippen molar-refractivity contribution in [2.45, 2.75) is 6.54 Å². The molecule has 0 unspecified atom stereocenters. The third-order valence-corrected chi connectivity index (χ3v) is 4.57. The van der Waals surface area contributed by atoms with Crippen LogP contribution in [0.25, 0.3) is 10.9 Å². The number of carbonyl (C=O) groups excluding carboxylic acids is 3. The summed E-state index contributed by atoms with van der Waals surface area (Å²) in [6.45, 7) is 0.669. The van der Waals surface area contributed by atoms with Crippen LogP contribution in [0.4, 0.5) is 0 Å². The van der Waals surface area contributed by atoms with Crippen LogP contribution in [0.2, 0.25) is 0 Å². The molecule has 30 heavy (non-hydrogen) atoms. The lowest BCUT2D eigenvalue weighted by Gasteiger charge is -2.08. The highest BCUT2D eigenvalue weighted by atomic mass is 16.7. The van der Waals surface area contributed by atoms with Gasteiger partial charge in [0, 0.05) is 30.5 Å². The fourth-order valence-corrected chi connectivity index (χ4v) is 3.04. The molecule has 0 bridgehead atoms. The average molecular weight is 408 g/mol. The Bertz CT molecular complexity index is 1070. The Balaban J connectivity index is 1.18. The van der Waals surface area contributed by atoms with E-state index < -0.39 is 11.8 Å². The van der Waals surface area contributed by atoms with Gasteiger partial charge in [0.25, 0.3) is 5.91 Å². The molecule has 3 amide bonds. The van der Waals surface area contributed by atoms with Gasteiger partial charge >= 0.3 is 11.8 Å². The molecule has 0 saturated heterocycles. The molecule has 9 nitrogen and oxygen atoms in total. The van der Waals surface area contributed by atoms with Gasteiger partial charge < -0.3 is 30.4 Å². The van der Waals surface area contributed by atoms with Gasteiger partial charge in [-0.15, -0.1) is 0 Å². The molecule has 2 heterocycles. The van der Waals surface area contributed by atoms with Crippen LogP contribution in [-0.2, 0) is 16.1 Å². The summed E-state index contributed by atoms with van der Waals surface area (Å²) >= 11 is 0. The van der Waals surface area contributed by atoms with E-state index in [0.717, 1.165) is 16.5 Å². The highest BCUT2D eigenvalue weighted by Crippen LogP contribution is 2.32. The maximum Gasteiger partial charge on any atom is 0.309 e. The minimum atomic E-state index is -0.768. The lowest BCUT2D eigenvalue weighted by atomic mass is 10.2. The van der Waals surface area contributed by atoms with E-state index in [9.17, 15) is 14.4 Å². The maximum atomic E-state index is 12.2. The normalized spacial score (nSPS) is 11.9. The van der Waals surface area contributed by atoms with Crippen LogP contribution in [0, 0.1) is 0 Å². The first-order valence-corrected chi connectivity index (χ1v) is 9.40. The Labute approximate surface area is 171 Å². The first kappa shape index (κ1) is 19.3. The topological polar surface area (TPSA) is 122 Å². The number of carbonyl (C=O) groups is 3. The van der Waals surface area contributed by atoms with Crippen LogP contribution >= 0.6 is 0 Å². The van der Waals surface area contributed by atoms with Crippen LogP contribution in [0.15, 0.2) is 48.5 Å². The lowest BCUT2D eigenvalue weighted by Crippen LogP contribution is -2.42. The summed E-state index contributed by atoms with van der Waals surface area (Å²) in [6, 6.07) is 14.6. The molecule has 0 fully saturated rings. The van der Waals surface area contributed by atoms with Crippen molar-refractivity contribution in [3.8, 4) is 11.5 Å². The van der Waals surface area contributed by atoms with Gasteiger partial charge in [-0.25, -0.2) is 0 Å². The molecule has 1 aromatic heterocycles. The number of hydrogen-bond acceptors (Lipinski definition) is 5. The molecule has 0 saturated carbocycles. The van der Waals surface area contributed by atoms with Crippen molar-refractivity contribution in [3.05, 3.63) is 59.8 Å². The molecule has 0 aliphatic carbocycles. The minimum Gasteiger partial charge on any atom is -0.454 e. The highest BCUT2D eigenvalue weighted by molar-refractivity contribution is 6.35. The van der Waals surface area contributed by atoms with Crippen molar-refractivity contribution in [1.82, 2.24) is 20.9 Å². The van der Waals surface area contributed by atoms with E-state index in [1.165, 1.54) is 0 Å². The number of hydrogen-bond donors (Lipinski definition) is 4. The molecule has 1 aliphatic rings. The van der Waals surface area contributed by atoms with Crippen molar-refractivity contribution in [1.29, 1.82) is 0 Å². The Morgan fingerprint density at radius 3 is 2.50 bits per heavy atom. The molecule has 0 atom stereocenters. The van der Waals surface area contributed by atoms with Gasteiger partial charge in [0.15, 0.2) is 11.5 Å². The van der Waals surface area contributed by atoms with Gasteiger partial charge in [0.2, 0.25) is 6.79 Å². The summed E-state index contributed by atoms with van der Waals surface area (Å²) in [5.41, 5.74) is 2.09.